The SMILES string of the molecule is CC(=O)COc1ccc(C)[n+]([O-])c1. The van der Waals surface area contributed by atoms with E-state index in [1.165, 1.54) is 13.1 Å². The maximum absolute atomic E-state index is 11.0. The topological polar surface area (TPSA) is 53.2 Å². The summed E-state index contributed by atoms with van der Waals surface area (Å²) < 4.78 is 5.74. The van der Waals surface area contributed by atoms with E-state index in [0.29, 0.717) is 16.2 Å². The van der Waals surface area contributed by atoms with E-state index in [2.05, 4.69) is 0 Å². The molecule has 0 radical (unpaired) electrons. The zero-order valence-corrected chi connectivity index (χ0v) is 7.61. The van der Waals surface area contributed by atoms with Gasteiger partial charge in [-0.2, -0.15) is 4.73 Å². The van der Waals surface area contributed by atoms with Crippen LogP contribution < -0.4 is 9.47 Å². The van der Waals surface area contributed by atoms with Crippen LogP contribution >= 0.6 is 0 Å². The Morgan fingerprint density at radius 1 is 1.62 bits per heavy atom. The molecule has 4 heteroatoms. The maximum atomic E-state index is 11.0. The minimum Gasteiger partial charge on any atom is -0.618 e. The van der Waals surface area contributed by atoms with Crippen LogP contribution in [0.5, 0.6) is 5.75 Å². The molecule has 0 fully saturated rings. The molecule has 0 aliphatic heterocycles. The summed E-state index contributed by atoms with van der Waals surface area (Å²) >= 11 is 0. The van der Waals surface area contributed by atoms with Crippen LogP contribution in [-0.4, -0.2) is 12.4 Å². The smallest absolute Gasteiger partial charge is 0.222 e. The number of rotatable bonds is 3. The van der Waals surface area contributed by atoms with Gasteiger partial charge in [-0.3, -0.25) is 4.79 Å². The van der Waals surface area contributed by atoms with Gasteiger partial charge in [-0.15, -0.1) is 0 Å². The van der Waals surface area contributed by atoms with E-state index in [1.54, 1.807) is 19.1 Å². The number of nitrogens with zero attached hydrogens (tertiary/aromatic N) is 1. The standard InChI is InChI=1S/C9H11NO3/c1-7-3-4-9(5-10(7)12)13-6-8(2)11/h3-5H,6H2,1-2H3. The molecule has 1 heterocycles. The quantitative estimate of drug-likeness (QED) is 0.506. The van der Waals surface area contributed by atoms with Crippen LogP contribution in [0.15, 0.2) is 18.3 Å². The lowest BCUT2D eigenvalue weighted by Gasteiger charge is -2.04. The molecular formula is C9H11NO3. The van der Waals surface area contributed by atoms with Gasteiger partial charge in [-0.1, -0.05) is 0 Å². The highest BCUT2D eigenvalue weighted by Crippen LogP contribution is 2.06. The molecule has 0 aliphatic carbocycles. The number of carbonyl (C=O) groups excluding carboxylic acids is 1. The van der Waals surface area contributed by atoms with Gasteiger partial charge in [0.1, 0.15) is 6.61 Å². The summed E-state index contributed by atoms with van der Waals surface area (Å²) in [6.07, 6.45) is 1.30. The largest absolute Gasteiger partial charge is 0.618 e. The monoisotopic (exact) mass is 181 g/mol. The highest BCUT2D eigenvalue weighted by molar-refractivity contribution is 5.77. The number of aryl methyl sites for hydroxylation is 1. The molecule has 1 aromatic heterocycles. The molecule has 1 rings (SSSR count). The van der Waals surface area contributed by atoms with Crippen molar-refractivity contribution in [2.75, 3.05) is 6.61 Å². The molecule has 13 heavy (non-hydrogen) atoms. The average Bonchev–Trinajstić information content (AvgIpc) is 2.07. The van der Waals surface area contributed by atoms with E-state index in [9.17, 15) is 10.0 Å². The lowest BCUT2D eigenvalue weighted by molar-refractivity contribution is -0.612. The summed E-state index contributed by atoms with van der Waals surface area (Å²) in [6, 6.07) is 3.30. The summed E-state index contributed by atoms with van der Waals surface area (Å²) in [7, 11) is 0. The highest BCUT2D eigenvalue weighted by atomic mass is 16.5. The van der Waals surface area contributed by atoms with Gasteiger partial charge in [0.2, 0.25) is 6.20 Å². The van der Waals surface area contributed by atoms with Gasteiger partial charge in [0.15, 0.2) is 17.2 Å². The second kappa shape index (κ2) is 3.89. The van der Waals surface area contributed by atoms with E-state index in [0.717, 1.165) is 0 Å². The van der Waals surface area contributed by atoms with Crippen molar-refractivity contribution >= 4 is 5.78 Å². The van der Waals surface area contributed by atoms with Gasteiger partial charge in [0.25, 0.3) is 0 Å². The molecule has 0 aromatic carbocycles. The maximum Gasteiger partial charge on any atom is 0.222 e. The van der Waals surface area contributed by atoms with Gasteiger partial charge in [0.05, 0.1) is 0 Å². The number of ketones is 1. The highest BCUT2D eigenvalue weighted by Gasteiger charge is 2.02. The minimum absolute atomic E-state index is 0.00304. The molecule has 0 saturated heterocycles. The molecule has 0 bridgehead atoms. The fraction of sp³-hybridized carbons (Fsp3) is 0.333. The Morgan fingerprint density at radius 2 is 2.31 bits per heavy atom. The van der Waals surface area contributed by atoms with Crippen molar-refractivity contribution in [3.05, 3.63) is 29.2 Å². The Balaban J connectivity index is 2.68. The van der Waals surface area contributed by atoms with Crippen LogP contribution in [0.2, 0.25) is 0 Å². The minimum atomic E-state index is -0.0713. The van der Waals surface area contributed by atoms with E-state index in [-0.39, 0.29) is 12.4 Å². The number of hydrogen-bond acceptors (Lipinski definition) is 3. The van der Waals surface area contributed by atoms with E-state index in [1.807, 2.05) is 0 Å². The summed E-state index contributed by atoms with van der Waals surface area (Å²) in [4.78, 5) is 10.6. The Hall–Kier alpha value is -1.58. The summed E-state index contributed by atoms with van der Waals surface area (Å²) in [5.74, 6) is 0.342. The number of pyridine rings is 1. The number of ether oxygens (including phenoxy) is 1. The fourth-order valence-electron chi connectivity index (χ4n) is 0.807. The summed E-state index contributed by atoms with van der Waals surface area (Å²) in [5, 5.41) is 11.0. The molecular weight excluding hydrogens is 170 g/mol. The first-order chi connectivity index (χ1) is 6.09. The molecule has 0 aliphatic rings. The van der Waals surface area contributed by atoms with Crippen LogP contribution in [0, 0.1) is 12.1 Å². The fourth-order valence-corrected chi connectivity index (χ4v) is 0.807. The number of aromatic nitrogens is 1. The second-order valence-electron chi connectivity index (χ2n) is 2.82. The first kappa shape index (κ1) is 9.51. The van der Waals surface area contributed by atoms with E-state index < -0.39 is 0 Å². The number of hydrogen-bond donors (Lipinski definition) is 0. The van der Waals surface area contributed by atoms with Crippen LogP contribution in [-0.2, 0) is 4.79 Å². The zero-order chi connectivity index (χ0) is 9.84. The first-order valence-corrected chi connectivity index (χ1v) is 3.91. The van der Waals surface area contributed by atoms with Crippen molar-refractivity contribution in [2.24, 2.45) is 0 Å². The van der Waals surface area contributed by atoms with Crippen LogP contribution in [0.3, 0.4) is 0 Å². The third-order valence-corrected chi connectivity index (χ3v) is 1.52. The molecule has 4 nitrogen and oxygen atoms in total. The van der Waals surface area contributed by atoms with Crippen molar-refractivity contribution in [3.8, 4) is 5.75 Å². The van der Waals surface area contributed by atoms with Crippen molar-refractivity contribution in [1.29, 1.82) is 0 Å². The molecule has 0 spiro atoms. The molecule has 0 saturated carbocycles. The third-order valence-electron chi connectivity index (χ3n) is 1.52. The van der Waals surface area contributed by atoms with Gasteiger partial charge in [-0.05, 0) is 13.0 Å². The van der Waals surface area contributed by atoms with Crippen LogP contribution in [0.25, 0.3) is 0 Å². The Kier molecular flexibility index (Phi) is 2.84. The third kappa shape index (κ3) is 2.74. The molecule has 0 unspecified atom stereocenters. The molecule has 0 atom stereocenters. The van der Waals surface area contributed by atoms with Crippen molar-refractivity contribution < 1.29 is 14.3 Å². The zero-order valence-electron chi connectivity index (χ0n) is 7.61. The van der Waals surface area contributed by atoms with Crippen molar-refractivity contribution in [1.82, 2.24) is 0 Å². The average molecular weight is 181 g/mol. The Morgan fingerprint density at radius 3 is 2.85 bits per heavy atom. The predicted octanol–water partition coefficient (Wildman–Crippen LogP) is 0.596. The molecule has 0 amide bonds. The molecule has 70 valence electrons. The number of carbonyl (C=O) groups is 1. The van der Waals surface area contributed by atoms with Gasteiger partial charge >= 0.3 is 0 Å². The number of Topliss-reactive ketones (excluding diaryl/α,β-unsaturated/α-hetero) is 1. The van der Waals surface area contributed by atoms with Crippen molar-refractivity contribution in [3.63, 3.8) is 0 Å². The van der Waals surface area contributed by atoms with E-state index in [4.69, 9.17) is 4.74 Å². The lowest BCUT2D eigenvalue weighted by atomic mass is 10.4. The van der Waals surface area contributed by atoms with E-state index >= 15 is 0 Å². The van der Waals surface area contributed by atoms with Crippen molar-refractivity contribution in [2.45, 2.75) is 13.8 Å². The normalized spacial score (nSPS) is 9.69. The summed E-state index contributed by atoms with van der Waals surface area (Å²) in [5.41, 5.74) is 0.593. The van der Waals surface area contributed by atoms with Crippen LogP contribution in [0.4, 0.5) is 0 Å². The van der Waals surface area contributed by atoms with Gasteiger partial charge in [0, 0.05) is 13.0 Å². The molecule has 1 aromatic rings. The van der Waals surface area contributed by atoms with Gasteiger partial charge < -0.3 is 9.94 Å². The second-order valence-corrected chi connectivity index (χ2v) is 2.82. The lowest BCUT2D eigenvalue weighted by Crippen LogP contribution is -2.29. The van der Waals surface area contributed by atoms with Gasteiger partial charge in [-0.25, -0.2) is 0 Å². The predicted molar refractivity (Wildman–Crippen MR) is 46.3 cm³/mol. The molecule has 0 N–H and O–H groups in total. The first-order valence-electron chi connectivity index (χ1n) is 3.91. The Labute approximate surface area is 76.3 Å². The summed E-state index contributed by atoms with van der Waals surface area (Å²) in [6.45, 7) is 3.13. The van der Waals surface area contributed by atoms with Crippen LogP contribution in [0.1, 0.15) is 12.6 Å². The Bertz CT molecular complexity index is 323.